The van der Waals surface area contributed by atoms with Crippen LogP contribution in [0.25, 0.3) is 0 Å². The largest absolute Gasteiger partial charge is 0.397 e. The second-order valence-corrected chi connectivity index (χ2v) is 4.80. The van der Waals surface area contributed by atoms with Gasteiger partial charge in [-0.2, -0.15) is 0 Å². The Bertz CT molecular complexity index is 404. The van der Waals surface area contributed by atoms with E-state index in [0.29, 0.717) is 12.1 Å². The van der Waals surface area contributed by atoms with Crippen LogP contribution in [0.1, 0.15) is 12.1 Å². The van der Waals surface area contributed by atoms with Crippen LogP contribution in [0.3, 0.4) is 0 Å². The second-order valence-electron chi connectivity index (χ2n) is 4.80. The minimum atomic E-state index is 0.155. The Balaban J connectivity index is 1.92. The maximum atomic E-state index is 12.1. The van der Waals surface area contributed by atoms with Crippen molar-refractivity contribution in [2.24, 2.45) is 0 Å². The maximum absolute atomic E-state index is 12.1. The standard InChI is InChI=1S/C13H20N4O/c1-16-5-2-6-17(8-7-16)13(18)9-12-4-3-11(14)10-15-12/h3-4,10H,2,5-9,14H2,1H3. The van der Waals surface area contributed by atoms with Gasteiger partial charge in [0.2, 0.25) is 5.91 Å². The summed E-state index contributed by atoms with van der Waals surface area (Å²) in [7, 11) is 2.09. The van der Waals surface area contributed by atoms with E-state index in [0.717, 1.165) is 38.3 Å². The van der Waals surface area contributed by atoms with Gasteiger partial charge in [0.15, 0.2) is 0 Å². The zero-order valence-electron chi connectivity index (χ0n) is 10.8. The SMILES string of the molecule is CN1CCCN(C(=O)Cc2ccc(N)cn2)CC1. The van der Waals surface area contributed by atoms with Gasteiger partial charge in [0.25, 0.3) is 0 Å². The Morgan fingerprint density at radius 1 is 1.33 bits per heavy atom. The molecule has 0 atom stereocenters. The number of carbonyl (C=O) groups is 1. The van der Waals surface area contributed by atoms with Gasteiger partial charge in [-0.25, -0.2) is 0 Å². The predicted octanol–water partition coefficient (Wildman–Crippen LogP) is 0.370. The average Bonchev–Trinajstić information content (AvgIpc) is 2.57. The molecule has 2 rings (SSSR count). The van der Waals surface area contributed by atoms with Gasteiger partial charge in [-0.05, 0) is 32.1 Å². The molecule has 2 N–H and O–H groups in total. The third kappa shape index (κ3) is 3.43. The molecule has 2 heterocycles. The molecule has 0 spiro atoms. The van der Waals surface area contributed by atoms with E-state index in [1.54, 1.807) is 12.3 Å². The topological polar surface area (TPSA) is 62.5 Å². The number of nitrogens with two attached hydrogens (primary N) is 1. The van der Waals surface area contributed by atoms with E-state index in [-0.39, 0.29) is 5.91 Å². The molecular weight excluding hydrogens is 228 g/mol. The molecule has 0 aliphatic carbocycles. The lowest BCUT2D eigenvalue weighted by atomic mass is 10.2. The quantitative estimate of drug-likeness (QED) is 0.821. The van der Waals surface area contributed by atoms with E-state index < -0.39 is 0 Å². The van der Waals surface area contributed by atoms with Crippen molar-refractivity contribution < 1.29 is 4.79 Å². The van der Waals surface area contributed by atoms with Crippen molar-refractivity contribution >= 4 is 11.6 Å². The minimum Gasteiger partial charge on any atom is -0.397 e. The van der Waals surface area contributed by atoms with Gasteiger partial charge in [-0.3, -0.25) is 9.78 Å². The fourth-order valence-electron chi connectivity index (χ4n) is 2.10. The molecule has 0 bridgehead atoms. The third-order valence-electron chi connectivity index (χ3n) is 3.25. The van der Waals surface area contributed by atoms with Crippen LogP contribution in [0.5, 0.6) is 0 Å². The lowest BCUT2D eigenvalue weighted by Crippen LogP contribution is -2.35. The number of rotatable bonds is 2. The molecule has 0 unspecified atom stereocenters. The number of aromatic nitrogens is 1. The molecule has 98 valence electrons. The molecule has 5 nitrogen and oxygen atoms in total. The number of anilines is 1. The normalized spacial score (nSPS) is 17.5. The van der Waals surface area contributed by atoms with E-state index in [2.05, 4.69) is 16.9 Å². The highest BCUT2D eigenvalue weighted by Gasteiger charge is 2.17. The van der Waals surface area contributed by atoms with Crippen LogP contribution in [0, 0.1) is 0 Å². The van der Waals surface area contributed by atoms with Crippen LogP contribution in [0.2, 0.25) is 0 Å². The van der Waals surface area contributed by atoms with Crippen LogP contribution in [-0.4, -0.2) is 53.9 Å². The minimum absolute atomic E-state index is 0.155. The number of amides is 1. The van der Waals surface area contributed by atoms with E-state index in [1.807, 2.05) is 11.0 Å². The second kappa shape index (κ2) is 5.82. The number of nitrogen functional groups attached to an aromatic ring is 1. The zero-order chi connectivity index (χ0) is 13.0. The highest BCUT2D eigenvalue weighted by Crippen LogP contribution is 2.06. The highest BCUT2D eigenvalue weighted by atomic mass is 16.2. The van der Waals surface area contributed by atoms with Gasteiger partial charge in [-0.15, -0.1) is 0 Å². The van der Waals surface area contributed by atoms with Gasteiger partial charge >= 0.3 is 0 Å². The maximum Gasteiger partial charge on any atom is 0.228 e. The first-order valence-electron chi connectivity index (χ1n) is 6.32. The van der Waals surface area contributed by atoms with Crippen molar-refractivity contribution in [3.05, 3.63) is 24.0 Å². The van der Waals surface area contributed by atoms with Crippen molar-refractivity contribution in [2.45, 2.75) is 12.8 Å². The first-order chi connectivity index (χ1) is 8.65. The fourth-order valence-corrected chi connectivity index (χ4v) is 2.10. The Labute approximate surface area is 108 Å². The molecule has 1 aliphatic heterocycles. The molecular formula is C13H20N4O. The van der Waals surface area contributed by atoms with Crippen LogP contribution >= 0.6 is 0 Å². The van der Waals surface area contributed by atoms with Gasteiger partial charge in [0, 0.05) is 25.3 Å². The highest BCUT2D eigenvalue weighted by molar-refractivity contribution is 5.78. The number of carbonyl (C=O) groups excluding carboxylic acids is 1. The molecule has 1 aliphatic rings. The average molecular weight is 248 g/mol. The van der Waals surface area contributed by atoms with Crippen LogP contribution in [0.15, 0.2) is 18.3 Å². The third-order valence-corrected chi connectivity index (χ3v) is 3.25. The summed E-state index contributed by atoms with van der Waals surface area (Å²) in [4.78, 5) is 20.5. The molecule has 1 amide bonds. The first kappa shape index (κ1) is 12.8. The summed E-state index contributed by atoms with van der Waals surface area (Å²) in [6.45, 7) is 3.66. The van der Waals surface area contributed by atoms with Crippen LogP contribution in [-0.2, 0) is 11.2 Å². The fraction of sp³-hybridized carbons (Fsp3) is 0.538. The number of hydrogen-bond donors (Lipinski definition) is 1. The van der Waals surface area contributed by atoms with Gasteiger partial charge in [0.1, 0.15) is 0 Å². The summed E-state index contributed by atoms with van der Waals surface area (Å²) in [5.41, 5.74) is 6.98. The van der Waals surface area contributed by atoms with Crippen LogP contribution in [0.4, 0.5) is 5.69 Å². The van der Waals surface area contributed by atoms with E-state index >= 15 is 0 Å². The van der Waals surface area contributed by atoms with Gasteiger partial charge in [0.05, 0.1) is 18.3 Å². The van der Waals surface area contributed by atoms with Gasteiger partial charge in [-0.1, -0.05) is 0 Å². The molecule has 0 radical (unpaired) electrons. The van der Waals surface area contributed by atoms with E-state index in [9.17, 15) is 4.79 Å². The Hall–Kier alpha value is -1.62. The van der Waals surface area contributed by atoms with Crippen molar-refractivity contribution in [1.82, 2.24) is 14.8 Å². The van der Waals surface area contributed by atoms with Crippen molar-refractivity contribution in [3.8, 4) is 0 Å². The number of nitrogens with zero attached hydrogens (tertiary/aromatic N) is 3. The number of likely N-dealkylation sites (N-methyl/N-ethyl adjacent to an activating group) is 1. The first-order valence-corrected chi connectivity index (χ1v) is 6.32. The summed E-state index contributed by atoms with van der Waals surface area (Å²) in [5, 5.41) is 0. The Morgan fingerprint density at radius 2 is 2.17 bits per heavy atom. The van der Waals surface area contributed by atoms with Gasteiger partial charge < -0.3 is 15.5 Å². The molecule has 18 heavy (non-hydrogen) atoms. The smallest absolute Gasteiger partial charge is 0.228 e. The van der Waals surface area contributed by atoms with E-state index in [1.165, 1.54) is 0 Å². The number of hydrogen-bond acceptors (Lipinski definition) is 4. The summed E-state index contributed by atoms with van der Waals surface area (Å²) < 4.78 is 0. The van der Waals surface area contributed by atoms with E-state index in [4.69, 9.17) is 5.73 Å². The molecule has 0 saturated carbocycles. The van der Waals surface area contributed by atoms with Crippen LogP contribution < -0.4 is 5.73 Å². The lowest BCUT2D eigenvalue weighted by molar-refractivity contribution is -0.130. The monoisotopic (exact) mass is 248 g/mol. The molecule has 0 aromatic carbocycles. The molecule has 1 saturated heterocycles. The number of pyridine rings is 1. The summed E-state index contributed by atoms with van der Waals surface area (Å²) in [6, 6.07) is 3.60. The lowest BCUT2D eigenvalue weighted by Gasteiger charge is -2.20. The summed E-state index contributed by atoms with van der Waals surface area (Å²) in [5.74, 6) is 0.155. The van der Waals surface area contributed by atoms with Crippen molar-refractivity contribution in [3.63, 3.8) is 0 Å². The molecule has 5 heteroatoms. The van der Waals surface area contributed by atoms with Crippen molar-refractivity contribution in [1.29, 1.82) is 0 Å². The van der Waals surface area contributed by atoms with Crippen molar-refractivity contribution in [2.75, 3.05) is 39.0 Å². The summed E-state index contributed by atoms with van der Waals surface area (Å²) >= 11 is 0. The molecule has 1 fully saturated rings. The molecule has 1 aromatic heterocycles. The summed E-state index contributed by atoms with van der Waals surface area (Å²) in [6.07, 6.45) is 3.00. The molecule has 1 aromatic rings. The Kier molecular flexibility index (Phi) is 4.15. The Morgan fingerprint density at radius 3 is 2.89 bits per heavy atom. The predicted molar refractivity (Wildman–Crippen MR) is 71.0 cm³/mol. The zero-order valence-corrected chi connectivity index (χ0v) is 10.8.